The number of morpholine rings is 1. The van der Waals surface area contributed by atoms with E-state index in [4.69, 9.17) is 15.2 Å². The maximum Gasteiger partial charge on any atom is 0.191 e. The molecule has 0 unspecified atom stereocenters. The Labute approximate surface area is 155 Å². The molecule has 6 heteroatoms. The van der Waals surface area contributed by atoms with Gasteiger partial charge in [-0.1, -0.05) is 12.1 Å². The van der Waals surface area contributed by atoms with Gasteiger partial charge in [0.2, 0.25) is 0 Å². The molecule has 0 bridgehead atoms. The molecule has 0 radical (unpaired) electrons. The number of guanidine groups is 1. The van der Waals surface area contributed by atoms with E-state index in [0.29, 0.717) is 12.5 Å². The molecule has 1 aliphatic heterocycles. The molecule has 1 aromatic rings. The average Bonchev–Trinajstić information content (AvgIpc) is 3.37. The second kappa shape index (κ2) is 8.73. The highest BCUT2D eigenvalue weighted by Gasteiger charge is 2.22. The molecule has 0 atom stereocenters. The first kappa shape index (κ1) is 18.3. The van der Waals surface area contributed by atoms with Crippen molar-refractivity contribution in [3.63, 3.8) is 0 Å². The number of halogens is 1. The number of aliphatic imine (C=N–C) groups is 1. The van der Waals surface area contributed by atoms with Crippen LogP contribution in [-0.4, -0.2) is 43.8 Å². The summed E-state index contributed by atoms with van der Waals surface area (Å²) in [6.45, 7) is 6.53. The maximum atomic E-state index is 6.09. The molecule has 2 aliphatic rings. The van der Waals surface area contributed by atoms with E-state index in [-0.39, 0.29) is 24.0 Å². The lowest BCUT2D eigenvalue weighted by Crippen LogP contribution is -2.44. The summed E-state index contributed by atoms with van der Waals surface area (Å²) in [7, 11) is 0. The summed E-state index contributed by atoms with van der Waals surface area (Å²) in [4.78, 5) is 6.61. The molecule has 0 spiro atoms. The van der Waals surface area contributed by atoms with Crippen molar-refractivity contribution in [3.05, 3.63) is 29.3 Å². The Morgan fingerprint density at radius 1 is 1.35 bits per heavy atom. The van der Waals surface area contributed by atoms with Crippen LogP contribution in [0.1, 0.15) is 24.0 Å². The van der Waals surface area contributed by atoms with E-state index in [1.54, 1.807) is 0 Å². The van der Waals surface area contributed by atoms with Gasteiger partial charge in [0.15, 0.2) is 5.96 Å². The number of hydrogen-bond acceptors (Lipinski definition) is 3. The van der Waals surface area contributed by atoms with E-state index < -0.39 is 0 Å². The lowest BCUT2D eigenvalue weighted by atomic mass is 10.1. The average molecular weight is 431 g/mol. The van der Waals surface area contributed by atoms with Crippen molar-refractivity contribution in [2.24, 2.45) is 16.6 Å². The first-order chi connectivity index (χ1) is 10.7. The summed E-state index contributed by atoms with van der Waals surface area (Å²) >= 11 is 0. The van der Waals surface area contributed by atoms with Crippen molar-refractivity contribution < 1.29 is 9.47 Å². The number of nitrogens with zero attached hydrogens (tertiary/aromatic N) is 2. The number of nitrogens with two attached hydrogens (primary N) is 1. The van der Waals surface area contributed by atoms with Crippen molar-refractivity contribution in [2.75, 3.05) is 32.9 Å². The number of ether oxygens (including phenoxy) is 2. The summed E-state index contributed by atoms with van der Waals surface area (Å²) < 4.78 is 11.3. The highest BCUT2D eigenvalue weighted by Crippen LogP contribution is 2.30. The van der Waals surface area contributed by atoms with Gasteiger partial charge in [0.05, 0.1) is 26.4 Å². The van der Waals surface area contributed by atoms with Crippen LogP contribution >= 0.6 is 24.0 Å². The highest BCUT2D eigenvalue weighted by atomic mass is 127. The van der Waals surface area contributed by atoms with Crippen molar-refractivity contribution in [1.29, 1.82) is 0 Å². The van der Waals surface area contributed by atoms with Gasteiger partial charge in [0.1, 0.15) is 5.75 Å². The Morgan fingerprint density at radius 2 is 2.09 bits per heavy atom. The van der Waals surface area contributed by atoms with E-state index in [1.165, 1.54) is 18.4 Å². The van der Waals surface area contributed by atoms with E-state index in [1.807, 2.05) is 0 Å². The third kappa shape index (κ3) is 5.53. The van der Waals surface area contributed by atoms with Crippen LogP contribution in [0.15, 0.2) is 23.2 Å². The molecule has 1 aromatic carbocycles. The van der Waals surface area contributed by atoms with Crippen LogP contribution in [0.3, 0.4) is 0 Å². The summed E-state index contributed by atoms with van der Waals surface area (Å²) in [5.74, 6) is 2.29. The van der Waals surface area contributed by atoms with Crippen molar-refractivity contribution in [3.8, 4) is 5.75 Å². The van der Waals surface area contributed by atoms with Crippen molar-refractivity contribution in [1.82, 2.24) is 4.90 Å². The van der Waals surface area contributed by atoms with Crippen LogP contribution in [0.5, 0.6) is 5.75 Å². The second-order valence-electron chi connectivity index (χ2n) is 6.14. The third-order valence-electron chi connectivity index (χ3n) is 4.14. The summed E-state index contributed by atoms with van der Waals surface area (Å²) in [6.07, 6.45) is 2.59. The molecule has 1 saturated heterocycles. The largest absolute Gasteiger partial charge is 0.493 e. The molecule has 23 heavy (non-hydrogen) atoms. The lowest BCUT2D eigenvalue weighted by Gasteiger charge is -2.27. The smallest absolute Gasteiger partial charge is 0.191 e. The van der Waals surface area contributed by atoms with Gasteiger partial charge < -0.3 is 20.1 Å². The molecule has 1 saturated carbocycles. The van der Waals surface area contributed by atoms with Crippen LogP contribution in [0.25, 0.3) is 0 Å². The van der Waals surface area contributed by atoms with Gasteiger partial charge in [-0.05, 0) is 37.3 Å². The Morgan fingerprint density at radius 3 is 2.78 bits per heavy atom. The monoisotopic (exact) mass is 431 g/mol. The van der Waals surface area contributed by atoms with Gasteiger partial charge in [-0.25, -0.2) is 4.99 Å². The summed E-state index contributed by atoms with van der Waals surface area (Å²) in [5.41, 5.74) is 8.40. The quantitative estimate of drug-likeness (QED) is 0.442. The Bertz CT molecular complexity index is 541. The fraction of sp³-hybridized carbons (Fsp3) is 0.588. The molecule has 0 amide bonds. The first-order valence-electron chi connectivity index (χ1n) is 8.07. The molecule has 1 aliphatic carbocycles. The van der Waals surface area contributed by atoms with Crippen LogP contribution in [0, 0.1) is 12.8 Å². The standard InChI is InChI=1S/C17H25N3O2.HI/c1-13-2-5-15(16(10-13)22-12-14-3-4-14)11-19-17(18)20-6-8-21-9-7-20;/h2,5,10,14H,3-4,6-9,11-12H2,1H3,(H2,18,19);1H. The fourth-order valence-corrected chi connectivity index (χ4v) is 2.48. The molecular formula is C17H26IN3O2. The zero-order valence-electron chi connectivity index (χ0n) is 13.7. The van der Waals surface area contributed by atoms with E-state index in [0.717, 1.165) is 50.1 Å². The first-order valence-corrected chi connectivity index (χ1v) is 8.07. The second-order valence-corrected chi connectivity index (χ2v) is 6.14. The zero-order chi connectivity index (χ0) is 15.4. The van der Waals surface area contributed by atoms with Gasteiger partial charge >= 0.3 is 0 Å². The molecule has 3 rings (SSSR count). The van der Waals surface area contributed by atoms with Crippen LogP contribution in [0.2, 0.25) is 0 Å². The predicted octanol–water partition coefficient (Wildman–Crippen LogP) is 2.55. The summed E-state index contributed by atoms with van der Waals surface area (Å²) in [5, 5.41) is 0. The molecule has 5 nitrogen and oxygen atoms in total. The number of aryl methyl sites for hydroxylation is 1. The molecule has 2 N–H and O–H groups in total. The Balaban J connectivity index is 0.00000192. The van der Waals surface area contributed by atoms with Crippen LogP contribution in [0.4, 0.5) is 0 Å². The van der Waals surface area contributed by atoms with Gasteiger partial charge in [0.25, 0.3) is 0 Å². The molecule has 128 valence electrons. The number of hydrogen-bond donors (Lipinski definition) is 1. The summed E-state index contributed by atoms with van der Waals surface area (Å²) in [6, 6.07) is 6.28. The van der Waals surface area contributed by atoms with Crippen molar-refractivity contribution in [2.45, 2.75) is 26.3 Å². The highest BCUT2D eigenvalue weighted by molar-refractivity contribution is 14.0. The van der Waals surface area contributed by atoms with E-state index >= 15 is 0 Å². The van der Waals surface area contributed by atoms with Gasteiger partial charge in [0, 0.05) is 18.7 Å². The Hall–Kier alpha value is -1.02. The van der Waals surface area contributed by atoms with E-state index in [2.05, 4.69) is 35.0 Å². The zero-order valence-corrected chi connectivity index (χ0v) is 16.0. The minimum atomic E-state index is 0. The maximum absolute atomic E-state index is 6.09. The minimum absolute atomic E-state index is 0. The molecule has 0 aromatic heterocycles. The predicted molar refractivity (Wildman–Crippen MR) is 103 cm³/mol. The van der Waals surface area contributed by atoms with Crippen LogP contribution < -0.4 is 10.5 Å². The molecular weight excluding hydrogens is 405 g/mol. The van der Waals surface area contributed by atoms with E-state index in [9.17, 15) is 0 Å². The lowest BCUT2D eigenvalue weighted by molar-refractivity contribution is 0.0674. The SMILES string of the molecule is Cc1ccc(CN=C(N)N2CCOCC2)c(OCC2CC2)c1.I. The Kier molecular flexibility index (Phi) is 6.95. The van der Waals surface area contributed by atoms with Gasteiger partial charge in [-0.15, -0.1) is 24.0 Å². The van der Waals surface area contributed by atoms with Gasteiger partial charge in [-0.2, -0.15) is 0 Å². The van der Waals surface area contributed by atoms with Crippen molar-refractivity contribution >= 4 is 29.9 Å². The molecule has 1 heterocycles. The number of benzene rings is 1. The normalized spacial score (nSPS) is 18.5. The fourth-order valence-electron chi connectivity index (χ4n) is 2.48. The van der Waals surface area contributed by atoms with Crippen LogP contribution in [-0.2, 0) is 11.3 Å². The third-order valence-corrected chi connectivity index (χ3v) is 4.14. The minimum Gasteiger partial charge on any atom is -0.493 e. The molecule has 2 fully saturated rings. The topological polar surface area (TPSA) is 60.1 Å². The number of rotatable bonds is 5. The van der Waals surface area contributed by atoms with Gasteiger partial charge in [-0.3, -0.25) is 0 Å².